The standard InChI is InChI=1S/C18H18Cl2N2O3S2/c19-14-6-7-16(20)17(12-14)26-13-18(23)21-8-10-22(11-9-21)27(24,25)15-4-2-1-3-5-15/h1-7,12H,8-11,13H2. The van der Waals surface area contributed by atoms with Crippen LogP contribution in [-0.4, -0.2) is 55.5 Å². The summed E-state index contributed by atoms with van der Waals surface area (Å²) in [6.07, 6.45) is 0. The highest BCUT2D eigenvalue weighted by molar-refractivity contribution is 8.00. The Balaban J connectivity index is 1.56. The lowest BCUT2D eigenvalue weighted by Gasteiger charge is -2.34. The van der Waals surface area contributed by atoms with E-state index in [0.29, 0.717) is 23.1 Å². The van der Waals surface area contributed by atoms with E-state index in [-0.39, 0.29) is 29.6 Å². The molecular weight excluding hydrogens is 427 g/mol. The van der Waals surface area contributed by atoms with Crippen molar-refractivity contribution >= 4 is 50.9 Å². The van der Waals surface area contributed by atoms with Gasteiger partial charge in [-0.3, -0.25) is 4.79 Å². The highest BCUT2D eigenvalue weighted by atomic mass is 35.5. The van der Waals surface area contributed by atoms with Gasteiger partial charge in [0.25, 0.3) is 0 Å². The van der Waals surface area contributed by atoms with E-state index in [2.05, 4.69) is 0 Å². The third kappa shape index (κ3) is 4.97. The third-order valence-corrected chi connectivity index (χ3v) is 7.85. The summed E-state index contributed by atoms with van der Waals surface area (Å²) >= 11 is 13.4. The van der Waals surface area contributed by atoms with Crippen LogP contribution in [0.25, 0.3) is 0 Å². The van der Waals surface area contributed by atoms with Crippen LogP contribution in [-0.2, 0) is 14.8 Å². The van der Waals surface area contributed by atoms with Gasteiger partial charge in [0.15, 0.2) is 0 Å². The van der Waals surface area contributed by atoms with Gasteiger partial charge in [0.05, 0.1) is 15.7 Å². The fourth-order valence-electron chi connectivity index (χ4n) is 2.74. The minimum atomic E-state index is -3.52. The molecule has 144 valence electrons. The molecule has 0 radical (unpaired) electrons. The number of carbonyl (C=O) groups is 1. The number of hydrogen-bond acceptors (Lipinski definition) is 4. The number of benzene rings is 2. The average molecular weight is 445 g/mol. The van der Waals surface area contributed by atoms with Crippen molar-refractivity contribution in [2.45, 2.75) is 9.79 Å². The average Bonchev–Trinajstić information content (AvgIpc) is 2.69. The van der Waals surface area contributed by atoms with Crippen molar-refractivity contribution in [1.82, 2.24) is 9.21 Å². The maximum Gasteiger partial charge on any atom is 0.243 e. The number of rotatable bonds is 5. The highest BCUT2D eigenvalue weighted by Crippen LogP contribution is 2.30. The van der Waals surface area contributed by atoms with Crippen LogP contribution in [0.4, 0.5) is 0 Å². The summed E-state index contributed by atoms with van der Waals surface area (Å²) in [5.41, 5.74) is 0. The quantitative estimate of drug-likeness (QED) is 0.660. The minimum absolute atomic E-state index is 0.0483. The Kier molecular flexibility index (Phi) is 6.70. The molecule has 0 atom stereocenters. The third-order valence-electron chi connectivity index (χ3n) is 4.22. The number of sulfonamides is 1. The maximum absolute atomic E-state index is 12.6. The van der Waals surface area contributed by atoms with Gasteiger partial charge in [-0.1, -0.05) is 41.4 Å². The second-order valence-electron chi connectivity index (χ2n) is 5.96. The maximum atomic E-state index is 12.6. The summed E-state index contributed by atoms with van der Waals surface area (Å²) in [5.74, 6) is 0.179. The normalized spacial score (nSPS) is 15.7. The molecular formula is C18H18Cl2N2O3S2. The molecule has 1 fully saturated rings. The predicted octanol–water partition coefficient (Wildman–Crippen LogP) is 3.62. The van der Waals surface area contributed by atoms with Crippen LogP contribution in [0.5, 0.6) is 0 Å². The molecule has 1 aliphatic heterocycles. The smallest absolute Gasteiger partial charge is 0.243 e. The van der Waals surface area contributed by atoms with E-state index in [1.54, 1.807) is 53.4 Å². The number of piperazine rings is 1. The van der Waals surface area contributed by atoms with E-state index in [1.165, 1.54) is 16.1 Å². The number of thioether (sulfide) groups is 1. The first kappa shape index (κ1) is 20.5. The number of carbonyl (C=O) groups excluding carboxylic acids is 1. The van der Waals surface area contributed by atoms with Crippen molar-refractivity contribution in [3.05, 3.63) is 58.6 Å². The number of hydrogen-bond donors (Lipinski definition) is 0. The van der Waals surface area contributed by atoms with E-state index in [4.69, 9.17) is 23.2 Å². The fourth-order valence-corrected chi connectivity index (χ4v) is 5.58. The van der Waals surface area contributed by atoms with Crippen LogP contribution in [0.15, 0.2) is 58.3 Å². The first-order valence-corrected chi connectivity index (χ1v) is 11.5. The van der Waals surface area contributed by atoms with Crippen LogP contribution in [0.3, 0.4) is 0 Å². The van der Waals surface area contributed by atoms with Gasteiger partial charge >= 0.3 is 0 Å². The molecule has 2 aromatic carbocycles. The summed E-state index contributed by atoms with van der Waals surface area (Å²) in [6.45, 7) is 1.31. The van der Waals surface area contributed by atoms with Gasteiger partial charge in [-0.15, -0.1) is 11.8 Å². The van der Waals surface area contributed by atoms with Gasteiger partial charge in [0.1, 0.15) is 0 Å². The van der Waals surface area contributed by atoms with Crippen molar-refractivity contribution in [3.8, 4) is 0 Å². The largest absolute Gasteiger partial charge is 0.339 e. The monoisotopic (exact) mass is 444 g/mol. The van der Waals surface area contributed by atoms with Gasteiger partial charge in [-0.2, -0.15) is 4.31 Å². The molecule has 5 nitrogen and oxygen atoms in total. The zero-order valence-corrected chi connectivity index (χ0v) is 17.5. The van der Waals surface area contributed by atoms with E-state index < -0.39 is 10.0 Å². The molecule has 1 heterocycles. The molecule has 3 rings (SSSR count). The molecule has 1 saturated heterocycles. The first-order valence-electron chi connectivity index (χ1n) is 8.29. The molecule has 2 aromatic rings. The van der Waals surface area contributed by atoms with E-state index in [1.807, 2.05) is 0 Å². The van der Waals surface area contributed by atoms with Crippen molar-refractivity contribution in [1.29, 1.82) is 0 Å². The Bertz CT molecular complexity index is 915. The zero-order valence-electron chi connectivity index (χ0n) is 14.3. The summed E-state index contributed by atoms with van der Waals surface area (Å²) in [7, 11) is -3.52. The number of halogens is 2. The van der Waals surface area contributed by atoms with Gasteiger partial charge in [-0.05, 0) is 30.3 Å². The lowest BCUT2D eigenvalue weighted by molar-refractivity contribution is -0.129. The molecule has 0 bridgehead atoms. The zero-order chi connectivity index (χ0) is 19.4. The van der Waals surface area contributed by atoms with Crippen molar-refractivity contribution in [2.75, 3.05) is 31.9 Å². The molecule has 1 aliphatic rings. The van der Waals surface area contributed by atoms with Gasteiger partial charge in [-0.25, -0.2) is 8.42 Å². The molecule has 0 unspecified atom stereocenters. The Labute approximate surface area is 173 Å². The Morgan fingerprint density at radius 3 is 2.33 bits per heavy atom. The van der Waals surface area contributed by atoms with Gasteiger partial charge < -0.3 is 4.90 Å². The Hall–Kier alpha value is -1.25. The first-order chi connectivity index (χ1) is 12.9. The van der Waals surface area contributed by atoms with Crippen molar-refractivity contribution in [3.63, 3.8) is 0 Å². The molecule has 27 heavy (non-hydrogen) atoms. The molecule has 0 spiro atoms. The summed E-state index contributed by atoms with van der Waals surface area (Å²) in [5, 5.41) is 1.12. The molecule has 1 amide bonds. The van der Waals surface area contributed by atoms with Crippen LogP contribution in [0.2, 0.25) is 10.0 Å². The molecule has 0 N–H and O–H groups in total. The van der Waals surface area contributed by atoms with Gasteiger partial charge in [0.2, 0.25) is 15.9 Å². The van der Waals surface area contributed by atoms with E-state index >= 15 is 0 Å². The van der Waals surface area contributed by atoms with Crippen molar-refractivity contribution in [2.24, 2.45) is 0 Å². The van der Waals surface area contributed by atoms with Crippen LogP contribution in [0.1, 0.15) is 0 Å². The molecule has 0 aliphatic carbocycles. The van der Waals surface area contributed by atoms with Crippen LogP contribution >= 0.6 is 35.0 Å². The second-order valence-corrected chi connectivity index (χ2v) is 9.76. The number of nitrogens with zero attached hydrogens (tertiary/aromatic N) is 2. The predicted molar refractivity (Wildman–Crippen MR) is 109 cm³/mol. The van der Waals surface area contributed by atoms with Crippen molar-refractivity contribution < 1.29 is 13.2 Å². The lowest BCUT2D eigenvalue weighted by Crippen LogP contribution is -2.50. The second kappa shape index (κ2) is 8.84. The van der Waals surface area contributed by atoms with Crippen LogP contribution < -0.4 is 0 Å². The SMILES string of the molecule is O=C(CSc1cc(Cl)ccc1Cl)N1CCN(S(=O)(=O)c2ccccc2)CC1. The molecule has 0 aromatic heterocycles. The number of amides is 1. The minimum Gasteiger partial charge on any atom is -0.339 e. The van der Waals surface area contributed by atoms with Gasteiger partial charge in [0, 0.05) is 36.1 Å². The van der Waals surface area contributed by atoms with Crippen LogP contribution in [0, 0.1) is 0 Å². The molecule has 9 heteroatoms. The summed E-state index contributed by atoms with van der Waals surface area (Å²) in [6, 6.07) is 13.5. The topological polar surface area (TPSA) is 57.7 Å². The summed E-state index contributed by atoms with van der Waals surface area (Å²) < 4.78 is 26.7. The lowest BCUT2D eigenvalue weighted by atomic mass is 10.3. The molecule has 0 saturated carbocycles. The Morgan fingerprint density at radius 2 is 1.67 bits per heavy atom. The van der Waals surface area contributed by atoms with E-state index in [9.17, 15) is 13.2 Å². The highest BCUT2D eigenvalue weighted by Gasteiger charge is 2.29. The Morgan fingerprint density at radius 1 is 1.00 bits per heavy atom. The summed E-state index contributed by atoms with van der Waals surface area (Å²) in [4.78, 5) is 15.2. The van der Waals surface area contributed by atoms with E-state index in [0.717, 1.165) is 4.90 Å². The fraction of sp³-hybridized carbons (Fsp3) is 0.278.